The van der Waals surface area contributed by atoms with E-state index in [0.29, 0.717) is 0 Å². The highest BCUT2D eigenvalue weighted by molar-refractivity contribution is 6.07. The van der Waals surface area contributed by atoms with Gasteiger partial charge in [0.1, 0.15) is 17.0 Å². The number of anilines is 5. The molecule has 45 heavy (non-hydrogen) atoms. The zero-order chi connectivity index (χ0) is 31.1. The molecule has 7 rings (SSSR count). The van der Waals surface area contributed by atoms with Gasteiger partial charge in [0.05, 0.1) is 0 Å². The van der Waals surface area contributed by atoms with Crippen LogP contribution < -0.4 is 9.80 Å². The third-order valence-corrected chi connectivity index (χ3v) is 8.93. The molecule has 0 aliphatic heterocycles. The molecule has 0 aliphatic rings. The Balaban J connectivity index is 1.26. The third kappa shape index (κ3) is 5.33. The van der Waals surface area contributed by atoms with Crippen LogP contribution in [0.2, 0.25) is 0 Å². The third-order valence-electron chi connectivity index (χ3n) is 8.93. The van der Waals surface area contributed by atoms with Crippen molar-refractivity contribution in [2.75, 3.05) is 16.8 Å². The van der Waals surface area contributed by atoms with E-state index in [1.54, 1.807) is 12.1 Å². The van der Waals surface area contributed by atoms with Gasteiger partial charge >= 0.3 is 0 Å². The second-order valence-electron chi connectivity index (χ2n) is 12.2. The number of aryl methyl sites for hydroxylation is 1. The summed E-state index contributed by atoms with van der Waals surface area (Å²) >= 11 is 0. The number of nitrogens with zero attached hydrogens (tertiary/aromatic N) is 2. The summed E-state index contributed by atoms with van der Waals surface area (Å²) in [6.07, 6.45) is 0. The van der Waals surface area contributed by atoms with E-state index in [-0.39, 0.29) is 11.2 Å². The lowest BCUT2D eigenvalue weighted by Gasteiger charge is -2.29. The smallest absolute Gasteiger partial charge is 0.137 e. The maximum Gasteiger partial charge on any atom is 0.137 e. The summed E-state index contributed by atoms with van der Waals surface area (Å²) in [6.45, 7) is 6.68. The fourth-order valence-corrected chi connectivity index (χ4v) is 6.10. The van der Waals surface area contributed by atoms with Crippen LogP contribution in [0.15, 0.2) is 144 Å². The van der Waals surface area contributed by atoms with Crippen LogP contribution in [0, 0.1) is 12.7 Å². The topological polar surface area (TPSA) is 19.6 Å². The first kappa shape index (κ1) is 28.4. The van der Waals surface area contributed by atoms with E-state index >= 15 is 0 Å². The van der Waals surface area contributed by atoms with Crippen molar-refractivity contribution >= 4 is 50.4 Å². The van der Waals surface area contributed by atoms with Gasteiger partial charge in [-0.1, -0.05) is 74.0 Å². The quantitative estimate of drug-likeness (QED) is 0.184. The number of para-hydroxylation sites is 1. The van der Waals surface area contributed by atoms with E-state index in [0.717, 1.165) is 50.4 Å². The molecule has 1 aromatic heterocycles. The van der Waals surface area contributed by atoms with Crippen molar-refractivity contribution in [1.29, 1.82) is 0 Å². The molecule has 1 heterocycles. The second kappa shape index (κ2) is 11.3. The van der Waals surface area contributed by atoms with Crippen molar-refractivity contribution in [3.63, 3.8) is 0 Å². The average molecular weight is 591 g/mol. The largest absolute Gasteiger partial charge is 0.456 e. The van der Waals surface area contributed by atoms with Crippen molar-refractivity contribution in [3.05, 3.63) is 162 Å². The monoisotopic (exact) mass is 590 g/mol. The molecule has 6 aromatic carbocycles. The van der Waals surface area contributed by atoms with Crippen molar-refractivity contribution in [2.45, 2.75) is 26.2 Å². The Labute approximate surface area is 263 Å². The fourth-order valence-electron chi connectivity index (χ4n) is 6.10. The maximum absolute atomic E-state index is 13.5. The lowest BCUT2D eigenvalue weighted by Crippen LogP contribution is -2.19. The first-order valence-corrected chi connectivity index (χ1v) is 15.3. The summed E-state index contributed by atoms with van der Waals surface area (Å²) in [5.74, 6) is -0.248. The summed E-state index contributed by atoms with van der Waals surface area (Å²) in [5, 5.41) is 2.12. The fraction of sp³-hybridized carbons (Fsp3) is 0.122. The number of benzene rings is 6. The van der Waals surface area contributed by atoms with E-state index in [2.05, 4.69) is 129 Å². The molecule has 0 fully saturated rings. The van der Waals surface area contributed by atoms with E-state index in [4.69, 9.17) is 4.42 Å². The van der Waals surface area contributed by atoms with Gasteiger partial charge < -0.3 is 14.2 Å². The summed E-state index contributed by atoms with van der Waals surface area (Å²) in [7, 11) is 1.97. The number of furan rings is 1. The van der Waals surface area contributed by atoms with Crippen molar-refractivity contribution in [3.8, 4) is 0 Å². The lowest BCUT2D eigenvalue weighted by molar-refractivity contribution is 0.628. The normalized spacial score (nSPS) is 11.7. The van der Waals surface area contributed by atoms with Crippen LogP contribution in [0.25, 0.3) is 21.9 Å². The van der Waals surface area contributed by atoms with Crippen LogP contribution in [-0.2, 0) is 5.41 Å². The highest BCUT2D eigenvalue weighted by Crippen LogP contribution is 2.40. The minimum Gasteiger partial charge on any atom is -0.456 e. The molecular formula is C41H35FN2O. The van der Waals surface area contributed by atoms with E-state index in [1.807, 2.05) is 24.1 Å². The van der Waals surface area contributed by atoms with Gasteiger partial charge in [-0.15, -0.1) is 0 Å². The van der Waals surface area contributed by atoms with E-state index in [1.165, 1.54) is 28.8 Å². The van der Waals surface area contributed by atoms with Crippen molar-refractivity contribution in [2.24, 2.45) is 0 Å². The molecule has 4 heteroatoms. The molecule has 0 saturated heterocycles. The van der Waals surface area contributed by atoms with Crippen LogP contribution in [0.1, 0.15) is 30.5 Å². The number of fused-ring (bicyclic) bond motifs is 3. The van der Waals surface area contributed by atoms with Crippen molar-refractivity contribution in [1.82, 2.24) is 0 Å². The molecule has 0 radical (unpaired) electrons. The van der Waals surface area contributed by atoms with Crippen LogP contribution in [0.5, 0.6) is 0 Å². The molecule has 0 spiro atoms. The zero-order valence-corrected chi connectivity index (χ0v) is 26.0. The van der Waals surface area contributed by atoms with Gasteiger partial charge in [-0.2, -0.15) is 0 Å². The maximum atomic E-state index is 13.5. The molecule has 0 atom stereocenters. The molecule has 0 aliphatic carbocycles. The number of hydrogen-bond donors (Lipinski definition) is 0. The van der Waals surface area contributed by atoms with E-state index in [9.17, 15) is 4.39 Å². The first-order chi connectivity index (χ1) is 21.8. The first-order valence-electron chi connectivity index (χ1n) is 15.3. The Bertz CT molecular complexity index is 2100. The summed E-state index contributed by atoms with van der Waals surface area (Å²) in [5.41, 5.74) is 10.4. The molecule has 0 N–H and O–H groups in total. The molecule has 0 bridgehead atoms. The molecule has 0 saturated carbocycles. The summed E-state index contributed by atoms with van der Waals surface area (Å²) < 4.78 is 20.0. The van der Waals surface area contributed by atoms with Crippen LogP contribution in [-0.4, -0.2) is 7.05 Å². The summed E-state index contributed by atoms with van der Waals surface area (Å²) in [4.78, 5) is 4.29. The highest BCUT2D eigenvalue weighted by atomic mass is 19.1. The Morgan fingerprint density at radius 3 is 1.64 bits per heavy atom. The van der Waals surface area contributed by atoms with Crippen molar-refractivity contribution < 1.29 is 8.81 Å². The van der Waals surface area contributed by atoms with Gasteiger partial charge in [-0.3, -0.25) is 0 Å². The number of hydrogen-bond acceptors (Lipinski definition) is 3. The second-order valence-corrected chi connectivity index (χ2v) is 12.2. The molecular weight excluding hydrogens is 555 g/mol. The minimum atomic E-state index is -0.248. The lowest BCUT2D eigenvalue weighted by atomic mass is 9.78. The van der Waals surface area contributed by atoms with Gasteiger partial charge in [0.2, 0.25) is 0 Å². The molecule has 3 nitrogen and oxygen atoms in total. The Kier molecular flexibility index (Phi) is 7.13. The van der Waals surface area contributed by atoms with Gasteiger partial charge in [0, 0.05) is 63.8 Å². The number of halogens is 1. The van der Waals surface area contributed by atoms with E-state index < -0.39 is 0 Å². The van der Waals surface area contributed by atoms with Gasteiger partial charge in [-0.05, 0) is 90.8 Å². The van der Waals surface area contributed by atoms with Gasteiger partial charge in [-0.25, -0.2) is 4.39 Å². The molecule has 0 unspecified atom stereocenters. The minimum absolute atomic E-state index is 0.124. The highest BCUT2D eigenvalue weighted by Gasteiger charge is 2.24. The Hall–Kier alpha value is -5.35. The standard InChI is InChI=1S/C41H35FN2O/c1-28-10-12-29(13-11-28)41(2,3)30-14-18-34(19-15-30)44(33-8-6-5-7-9-33)36-23-25-38-37-24-22-35(26-39(37)45-40(38)27-36)43(4)32-20-16-31(42)17-21-32/h5-27H,1-4H3. The van der Waals surface area contributed by atoms with Crippen LogP contribution in [0.3, 0.4) is 0 Å². The number of rotatable bonds is 7. The molecule has 0 amide bonds. The summed E-state index contributed by atoms with van der Waals surface area (Å²) in [6, 6.07) is 47.3. The Morgan fingerprint density at radius 2 is 1.02 bits per heavy atom. The molecule has 7 aromatic rings. The molecule has 222 valence electrons. The van der Waals surface area contributed by atoms with Crippen LogP contribution in [0.4, 0.5) is 32.8 Å². The Morgan fingerprint density at radius 1 is 0.533 bits per heavy atom. The predicted molar refractivity (Wildman–Crippen MR) is 186 cm³/mol. The van der Waals surface area contributed by atoms with Gasteiger partial charge in [0.25, 0.3) is 0 Å². The van der Waals surface area contributed by atoms with Crippen LogP contribution >= 0.6 is 0 Å². The average Bonchev–Trinajstić information content (AvgIpc) is 3.43. The predicted octanol–water partition coefficient (Wildman–Crippen LogP) is 11.6. The van der Waals surface area contributed by atoms with Gasteiger partial charge in [0.15, 0.2) is 0 Å². The zero-order valence-electron chi connectivity index (χ0n) is 26.0. The SMILES string of the molecule is Cc1ccc(C(C)(C)c2ccc(N(c3ccccc3)c3ccc4c(c3)oc3cc(N(C)c5ccc(F)cc5)ccc34)cc2)cc1.